The largest absolute Gasteiger partial charge is 0.481 e. The number of carbonyl (C=O) groups is 4. The van der Waals surface area contributed by atoms with Crippen LogP contribution in [0.25, 0.3) is 0 Å². The highest BCUT2D eigenvalue weighted by molar-refractivity contribution is 6.03. The minimum atomic E-state index is -1.24. The number of epoxide rings is 2. The molecule has 4 N–H and O–H groups in total. The number of rotatable bonds is 4. The molecular weight excluding hydrogens is 408 g/mol. The van der Waals surface area contributed by atoms with E-state index in [1.54, 1.807) is 13.8 Å². The molecule has 6 aliphatic heterocycles. The molecule has 30 heavy (non-hydrogen) atoms. The highest BCUT2D eigenvalue weighted by Crippen LogP contribution is 2.60. The van der Waals surface area contributed by atoms with Crippen molar-refractivity contribution in [1.29, 1.82) is 0 Å². The third-order valence-electron chi connectivity index (χ3n) is 6.92. The summed E-state index contributed by atoms with van der Waals surface area (Å²) in [5, 5.41) is 36.0. The second-order valence-corrected chi connectivity index (χ2v) is 8.53. The van der Waals surface area contributed by atoms with Crippen LogP contribution in [0.4, 0.5) is 0 Å². The topological polar surface area (TPSA) is 193 Å². The predicted molar refractivity (Wildman–Crippen MR) is 90.5 cm³/mol. The summed E-state index contributed by atoms with van der Waals surface area (Å²) in [7, 11) is 0. The molecule has 5 fully saturated rings. The van der Waals surface area contributed by atoms with Crippen molar-refractivity contribution in [2.45, 2.75) is 61.7 Å². The molecule has 0 aromatic rings. The van der Waals surface area contributed by atoms with Gasteiger partial charge in [0.15, 0.2) is 0 Å². The molecule has 6 rings (SSSR count). The Morgan fingerprint density at radius 2 is 1.47 bits per heavy atom. The third-order valence-corrected chi connectivity index (χ3v) is 6.92. The van der Waals surface area contributed by atoms with Crippen LogP contribution >= 0.6 is 0 Å². The van der Waals surface area contributed by atoms with Crippen molar-refractivity contribution in [3.05, 3.63) is 11.1 Å². The van der Waals surface area contributed by atoms with Gasteiger partial charge >= 0.3 is 23.9 Å². The Morgan fingerprint density at radius 1 is 0.833 bits per heavy atom. The molecule has 0 radical (unpaired) electrons. The fourth-order valence-corrected chi connectivity index (χ4v) is 5.60. The summed E-state index contributed by atoms with van der Waals surface area (Å²) in [5.41, 5.74) is -2.39. The summed E-state index contributed by atoms with van der Waals surface area (Å²) in [5.74, 6) is -6.73. The minimum Gasteiger partial charge on any atom is -0.481 e. The zero-order valence-corrected chi connectivity index (χ0v) is 15.7. The molecule has 0 aliphatic carbocycles. The standard InChI is InChI=1S/C9H10O6.C9H8O6.H2/c2*1-9-3(8(12)13)2(7(10)11)4(15-9)5-6(9)14-5;/h2-6H,1H3,(H,10,11)(H,12,13);4-6H,1H3,(H,10,11)(H,12,13);1H. The van der Waals surface area contributed by atoms with Crippen molar-refractivity contribution in [2.75, 3.05) is 0 Å². The van der Waals surface area contributed by atoms with Crippen molar-refractivity contribution in [3.63, 3.8) is 0 Å². The zero-order chi connectivity index (χ0) is 21.9. The van der Waals surface area contributed by atoms with Gasteiger partial charge in [0.1, 0.15) is 59.7 Å². The Morgan fingerprint density at radius 3 is 2.00 bits per heavy atom. The smallest absolute Gasteiger partial charge is 0.335 e. The summed E-state index contributed by atoms with van der Waals surface area (Å²) in [4.78, 5) is 44.1. The molecule has 0 amide bonds. The molecule has 0 saturated carbocycles. The molecule has 10 unspecified atom stereocenters. The Labute approximate surface area is 169 Å². The highest BCUT2D eigenvalue weighted by atomic mass is 16.7. The average molecular weight is 428 g/mol. The predicted octanol–water partition coefficient (Wildman–Crippen LogP) is -1.04. The van der Waals surface area contributed by atoms with Gasteiger partial charge in [0, 0.05) is 1.43 Å². The van der Waals surface area contributed by atoms with Crippen molar-refractivity contribution >= 4 is 23.9 Å². The minimum absolute atomic E-state index is 0. The van der Waals surface area contributed by atoms with Gasteiger partial charge < -0.3 is 39.4 Å². The number of hydrogen-bond donors (Lipinski definition) is 4. The molecule has 0 aromatic heterocycles. The van der Waals surface area contributed by atoms with Gasteiger partial charge in [-0.3, -0.25) is 9.59 Å². The molecule has 5 saturated heterocycles. The monoisotopic (exact) mass is 428 g/mol. The van der Waals surface area contributed by atoms with Crippen LogP contribution in [0.1, 0.15) is 15.3 Å². The zero-order valence-electron chi connectivity index (χ0n) is 15.7. The highest BCUT2D eigenvalue weighted by Gasteiger charge is 2.78. The van der Waals surface area contributed by atoms with E-state index in [4.69, 9.17) is 39.4 Å². The Balaban J connectivity index is 0.000000144. The maximum Gasteiger partial charge on any atom is 0.335 e. The summed E-state index contributed by atoms with van der Waals surface area (Å²) < 4.78 is 21.4. The summed E-state index contributed by atoms with van der Waals surface area (Å²) >= 11 is 0. The van der Waals surface area contributed by atoms with Gasteiger partial charge in [0.25, 0.3) is 0 Å². The maximum atomic E-state index is 11.1. The first-order chi connectivity index (χ1) is 13.9. The van der Waals surface area contributed by atoms with Gasteiger partial charge in [0.2, 0.25) is 0 Å². The van der Waals surface area contributed by atoms with Gasteiger partial charge in [-0.25, -0.2) is 9.59 Å². The first kappa shape index (κ1) is 19.4. The number of carboxylic acid groups (broad SMARTS) is 4. The lowest BCUT2D eigenvalue weighted by molar-refractivity contribution is -0.155. The molecule has 4 bridgehead atoms. The molecule has 12 heteroatoms. The molecule has 0 spiro atoms. The molecule has 0 aromatic carbocycles. The summed E-state index contributed by atoms with van der Waals surface area (Å²) in [6.45, 7) is 3.19. The van der Waals surface area contributed by atoms with Crippen molar-refractivity contribution in [1.82, 2.24) is 0 Å². The van der Waals surface area contributed by atoms with E-state index in [-0.39, 0.29) is 37.0 Å². The van der Waals surface area contributed by atoms with Gasteiger partial charge in [-0.05, 0) is 13.8 Å². The van der Waals surface area contributed by atoms with Crippen molar-refractivity contribution < 1.29 is 60.0 Å². The number of carboxylic acids is 4. The van der Waals surface area contributed by atoms with E-state index >= 15 is 0 Å². The second-order valence-electron chi connectivity index (χ2n) is 8.53. The molecule has 10 atom stereocenters. The first-order valence-electron chi connectivity index (χ1n) is 9.27. The Bertz CT molecular complexity index is 946. The van der Waals surface area contributed by atoms with Crippen LogP contribution in [0.3, 0.4) is 0 Å². The lowest BCUT2D eigenvalue weighted by atomic mass is 9.72. The normalized spacial score (nSPS) is 50.3. The molecular formula is C18H20O12. The number of hydrogen-bond acceptors (Lipinski definition) is 8. The first-order valence-corrected chi connectivity index (χ1v) is 9.27. The van der Waals surface area contributed by atoms with Crippen LogP contribution in [-0.4, -0.2) is 92.1 Å². The van der Waals surface area contributed by atoms with Gasteiger partial charge in [-0.2, -0.15) is 0 Å². The van der Waals surface area contributed by atoms with Crippen LogP contribution in [0.2, 0.25) is 0 Å². The molecule has 6 heterocycles. The molecule has 164 valence electrons. The fraction of sp³-hybridized carbons (Fsp3) is 0.667. The van der Waals surface area contributed by atoms with Crippen LogP contribution in [0.5, 0.6) is 0 Å². The van der Waals surface area contributed by atoms with Crippen LogP contribution in [0, 0.1) is 11.8 Å². The lowest BCUT2D eigenvalue weighted by Crippen LogP contribution is -2.47. The number of ether oxygens (including phenoxy) is 4. The van der Waals surface area contributed by atoms with E-state index in [2.05, 4.69) is 0 Å². The van der Waals surface area contributed by atoms with E-state index in [0.29, 0.717) is 0 Å². The van der Waals surface area contributed by atoms with Crippen molar-refractivity contribution in [2.24, 2.45) is 11.8 Å². The van der Waals surface area contributed by atoms with E-state index in [9.17, 15) is 19.2 Å². The van der Waals surface area contributed by atoms with E-state index in [0.717, 1.165) is 0 Å². The Hall–Kier alpha value is -2.54. The Kier molecular flexibility index (Phi) is 3.61. The number of aliphatic carboxylic acids is 4. The number of fused-ring (bicyclic) bond motifs is 10. The quantitative estimate of drug-likeness (QED) is 0.398. The second kappa shape index (κ2) is 5.58. The van der Waals surface area contributed by atoms with Crippen LogP contribution < -0.4 is 0 Å². The van der Waals surface area contributed by atoms with Gasteiger partial charge in [-0.1, -0.05) is 0 Å². The molecule has 6 aliphatic rings. The SMILES string of the molecule is CC12OC(C(C(=O)O)=C1C(=O)O)C1OC12.CC12OC(C3OC31)C(C(=O)O)C2C(=O)O.[HH]. The maximum absolute atomic E-state index is 11.1. The van der Waals surface area contributed by atoms with E-state index < -0.39 is 59.1 Å². The van der Waals surface area contributed by atoms with E-state index in [1.807, 2.05) is 0 Å². The van der Waals surface area contributed by atoms with Crippen LogP contribution in [-0.2, 0) is 38.1 Å². The van der Waals surface area contributed by atoms with Crippen molar-refractivity contribution in [3.8, 4) is 0 Å². The lowest BCUT2D eigenvalue weighted by Gasteiger charge is -2.26. The summed E-state index contributed by atoms with van der Waals surface area (Å²) in [6.07, 6.45) is -2.34. The van der Waals surface area contributed by atoms with E-state index in [1.165, 1.54) is 0 Å². The van der Waals surface area contributed by atoms with Gasteiger partial charge in [0.05, 0.1) is 11.1 Å². The van der Waals surface area contributed by atoms with Gasteiger partial charge in [-0.15, -0.1) is 0 Å². The third kappa shape index (κ3) is 2.19. The summed E-state index contributed by atoms with van der Waals surface area (Å²) in [6, 6.07) is 0. The van der Waals surface area contributed by atoms with Crippen LogP contribution in [0.15, 0.2) is 11.1 Å². The fourth-order valence-electron chi connectivity index (χ4n) is 5.60. The average Bonchev–Trinajstić information content (AvgIpc) is 3.50. The molecule has 12 nitrogen and oxygen atoms in total.